The van der Waals surface area contributed by atoms with Gasteiger partial charge in [0.1, 0.15) is 11.8 Å². The Hall–Kier alpha value is -2.67. The van der Waals surface area contributed by atoms with Crippen molar-refractivity contribution >= 4 is 22.7 Å². The molecule has 0 atom stereocenters. The number of fused-ring (bicyclic) bond motifs is 1. The van der Waals surface area contributed by atoms with Crippen molar-refractivity contribution < 1.29 is 5.11 Å². The van der Waals surface area contributed by atoms with Crippen LogP contribution in [0.1, 0.15) is 5.56 Å². The molecule has 0 aliphatic heterocycles. The van der Waals surface area contributed by atoms with E-state index in [1.165, 1.54) is 6.33 Å². The van der Waals surface area contributed by atoms with E-state index in [0.717, 1.165) is 30.0 Å². The van der Waals surface area contributed by atoms with E-state index in [1.807, 2.05) is 28.8 Å². The lowest BCUT2D eigenvalue weighted by molar-refractivity contribution is 0.299. The van der Waals surface area contributed by atoms with Crippen LogP contribution in [-0.4, -0.2) is 37.8 Å². The first-order valence-electron chi connectivity index (χ1n) is 7.13. The fourth-order valence-corrected chi connectivity index (χ4v) is 2.30. The second-order valence-electron chi connectivity index (χ2n) is 4.97. The van der Waals surface area contributed by atoms with Crippen LogP contribution in [0, 0.1) is 0 Å². The van der Waals surface area contributed by atoms with Gasteiger partial charge in [-0.2, -0.15) is 0 Å². The average molecular weight is 298 g/mol. The molecule has 0 spiro atoms. The quantitative estimate of drug-likeness (QED) is 0.629. The van der Waals surface area contributed by atoms with E-state index >= 15 is 0 Å². The summed E-state index contributed by atoms with van der Waals surface area (Å²) in [7, 11) is 0. The number of aliphatic hydroxyl groups is 1. The molecule has 0 amide bonds. The number of imidazole rings is 1. The van der Waals surface area contributed by atoms with Crippen LogP contribution in [0.15, 0.2) is 36.9 Å². The van der Waals surface area contributed by atoms with Crippen LogP contribution in [0.3, 0.4) is 0 Å². The first-order chi connectivity index (χ1) is 10.8. The SMILES string of the molecule is Nc1ncnc2c1ncn2CCNc1ccc(CCO)cc1. The lowest BCUT2D eigenvalue weighted by Gasteiger charge is -2.08. The van der Waals surface area contributed by atoms with Crippen LogP contribution in [-0.2, 0) is 13.0 Å². The highest BCUT2D eigenvalue weighted by molar-refractivity contribution is 5.81. The number of anilines is 2. The van der Waals surface area contributed by atoms with E-state index in [1.54, 1.807) is 6.33 Å². The molecule has 7 nitrogen and oxygen atoms in total. The van der Waals surface area contributed by atoms with Crippen molar-refractivity contribution in [2.24, 2.45) is 0 Å². The molecule has 114 valence electrons. The molecule has 2 heterocycles. The van der Waals surface area contributed by atoms with Crippen LogP contribution in [0.2, 0.25) is 0 Å². The Bertz CT molecular complexity index is 752. The lowest BCUT2D eigenvalue weighted by atomic mass is 10.1. The normalized spacial score (nSPS) is 11.0. The van der Waals surface area contributed by atoms with Gasteiger partial charge < -0.3 is 20.7 Å². The number of hydrogen-bond donors (Lipinski definition) is 3. The summed E-state index contributed by atoms with van der Waals surface area (Å²) in [4.78, 5) is 12.4. The van der Waals surface area contributed by atoms with Gasteiger partial charge >= 0.3 is 0 Å². The highest BCUT2D eigenvalue weighted by Crippen LogP contribution is 2.14. The second-order valence-corrected chi connectivity index (χ2v) is 4.97. The van der Waals surface area contributed by atoms with Gasteiger partial charge in [-0.1, -0.05) is 12.1 Å². The van der Waals surface area contributed by atoms with E-state index in [4.69, 9.17) is 10.8 Å². The molecule has 4 N–H and O–H groups in total. The van der Waals surface area contributed by atoms with Gasteiger partial charge in [-0.3, -0.25) is 0 Å². The number of hydrogen-bond acceptors (Lipinski definition) is 6. The van der Waals surface area contributed by atoms with Crippen molar-refractivity contribution in [2.45, 2.75) is 13.0 Å². The van der Waals surface area contributed by atoms with Gasteiger partial charge in [0.05, 0.1) is 6.33 Å². The van der Waals surface area contributed by atoms with Crippen LogP contribution < -0.4 is 11.1 Å². The number of nitrogens with two attached hydrogens (primary N) is 1. The Morgan fingerprint density at radius 2 is 1.95 bits per heavy atom. The monoisotopic (exact) mass is 298 g/mol. The maximum Gasteiger partial charge on any atom is 0.165 e. The number of aromatic nitrogens is 4. The average Bonchev–Trinajstić information content (AvgIpc) is 2.94. The summed E-state index contributed by atoms with van der Waals surface area (Å²) in [6.45, 7) is 1.64. The molecule has 0 unspecified atom stereocenters. The predicted octanol–water partition coefficient (Wildman–Crippen LogP) is 1.06. The standard InChI is InChI=1S/C15H18N6O/c16-14-13-15(19-9-18-14)21(10-20-13)7-6-17-12-3-1-11(2-4-12)5-8-22/h1-4,9-10,17,22H,5-8H2,(H2,16,18,19). The van der Waals surface area contributed by atoms with Crippen molar-refractivity contribution in [2.75, 3.05) is 24.2 Å². The molecular weight excluding hydrogens is 280 g/mol. The highest BCUT2D eigenvalue weighted by Gasteiger charge is 2.07. The minimum Gasteiger partial charge on any atom is -0.396 e. The first-order valence-corrected chi connectivity index (χ1v) is 7.13. The summed E-state index contributed by atoms with van der Waals surface area (Å²) in [5.41, 5.74) is 9.31. The Morgan fingerprint density at radius 3 is 2.73 bits per heavy atom. The number of nitrogens with zero attached hydrogens (tertiary/aromatic N) is 4. The van der Waals surface area contributed by atoms with Gasteiger partial charge in [0.25, 0.3) is 0 Å². The Balaban J connectivity index is 1.61. The van der Waals surface area contributed by atoms with E-state index < -0.39 is 0 Å². The van der Waals surface area contributed by atoms with Gasteiger partial charge in [-0.05, 0) is 24.1 Å². The minimum absolute atomic E-state index is 0.172. The summed E-state index contributed by atoms with van der Waals surface area (Å²) in [5, 5.41) is 12.2. The van der Waals surface area contributed by atoms with Crippen LogP contribution in [0.5, 0.6) is 0 Å². The Kier molecular flexibility index (Phi) is 4.15. The van der Waals surface area contributed by atoms with Crippen molar-refractivity contribution in [1.29, 1.82) is 0 Å². The number of nitrogens with one attached hydrogen (secondary N) is 1. The third kappa shape index (κ3) is 2.99. The number of benzene rings is 1. The highest BCUT2D eigenvalue weighted by atomic mass is 16.2. The number of rotatable bonds is 6. The molecule has 0 fully saturated rings. The molecule has 2 aromatic heterocycles. The predicted molar refractivity (Wildman–Crippen MR) is 85.5 cm³/mol. The summed E-state index contributed by atoms with van der Waals surface area (Å²) in [5.74, 6) is 0.399. The zero-order chi connectivity index (χ0) is 15.4. The third-order valence-electron chi connectivity index (χ3n) is 3.47. The maximum absolute atomic E-state index is 8.90. The van der Waals surface area contributed by atoms with Crippen molar-refractivity contribution in [3.05, 3.63) is 42.5 Å². The minimum atomic E-state index is 0.172. The lowest BCUT2D eigenvalue weighted by Crippen LogP contribution is -2.10. The largest absolute Gasteiger partial charge is 0.396 e. The molecule has 0 saturated carbocycles. The van der Waals surface area contributed by atoms with Gasteiger partial charge in [-0.25, -0.2) is 15.0 Å². The molecule has 0 radical (unpaired) electrons. The van der Waals surface area contributed by atoms with Gasteiger partial charge in [0.2, 0.25) is 0 Å². The molecule has 22 heavy (non-hydrogen) atoms. The van der Waals surface area contributed by atoms with Crippen molar-refractivity contribution in [1.82, 2.24) is 19.5 Å². The molecular formula is C15H18N6O. The molecule has 1 aromatic carbocycles. The van der Waals surface area contributed by atoms with E-state index in [2.05, 4.69) is 20.3 Å². The Morgan fingerprint density at radius 1 is 1.14 bits per heavy atom. The van der Waals surface area contributed by atoms with Gasteiger partial charge in [0, 0.05) is 25.4 Å². The van der Waals surface area contributed by atoms with E-state index in [-0.39, 0.29) is 6.61 Å². The fraction of sp³-hybridized carbons (Fsp3) is 0.267. The first kappa shape index (κ1) is 14.3. The van der Waals surface area contributed by atoms with Gasteiger partial charge in [0.15, 0.2) is 11.5 Å². The second kappa shape index (κ2) is 6.40. The van der Waals surface area contributed by atoms with Crippen molar-refractivity contribution in [3.63, 3.8) is 0 Å². The summed E-state index contributed by atoms with van der Waals surface area (Å²) in [6.07, 6.45) is 3.85. The van der Waals surface area contributed by atoms with Crippen LogP contribution >= 0.6 is 0 Å². The zero-order valence-corrected chi connectivity index (χ0v) is 12.1. The smallest absolute Gasteiger partial charge is 0.165 e. The molecule has 3 rings (SSSR count). The number of nitrogen functional groups attached to an aromatic ring is 1. The molecule has 0 bridgehead atoms. The van der Waals surface area contributed by atoms with E-state index in [0.29, 0.717) is 17.8 Å². The molecule has 7 heteroatoms. The maximum atomic E-state index is 8.90. The molecule has 0 saturated heterocycles. The van der Waals surface area contributed by atoms with Gasteiger partial charge in [-0.15, -0.1) is 0 Å². The van der Waals surface area contributed by atoms with Crippen LogP contribution in [0.4, 0.5) is 11.5 Å². The molecule has 3 aromatic rings. The summed E-state index contributed by atoms with van der Waals surface area (Å²) < 4.78 is 1.94. The summed E-state index contributed by atoms with van der Waals surface area (Å²) in [6, 6.07) is 8.05. The number of aliphatic hydroxyl groups excluding tert-OH is 1. The zero-order valence-electron chi connectivity index (χ0n) is 12.1. The Labute approximate surface area is 127 Å². The third-order valence-corrected chi connectivity index (χ3v) is 3.47. The molecule has 0 aliphatic rings. The summed E-state index contributed by atoms with van der Waals surface area (Å²) >= 11 is 0. The molecule has 0 aliphatic carbocycles. The van der Waals surface area contributed by atoms with Crippen LogP contribution in [0.25, 0.3) is 11.2 Å². The topological polar surface area (TPSA) is 102 Å². The van der Waals surface area contributed by atoms with E-state index in [9.17, 15) is 0 Å². The fourth-order valence-electron chi connectivity index (χ4n) is 2.30. The van der Waals surface area contributed by atoms with Crippen molar-refractivity contribution in [3.8, 4) is 0 Å².